The van der Waals surface area contributed by atoms with E-state index in [1.807, 2.05) is 6.92 Å². The van der Waals surface area contributed by atoms with E-state index in [1.165, 1.54) is 6.21 Å². The average Bonchev–Trinajstić information content (AvgIpc) is 2.41. The molecule has 1 saturated heterocycles. The molecule has 0 aliphatic carbocycles. The van der Waals surface area contributed by atoms with E-state index in [9.17, 15) is 0 Å². The second-order valence-electron chi connectivity index (χ2n) is 5.26. The van der Waals surface area contributed by atoms with Crippen molar-refractivity contribution in [3.05, 3.63) is 23.4 Å². The molecule has 0 atom stereocenters. The lowest BCUT2D eigenvalue weighted by Gasteiger charge is -2.37. The molecule has 1 N–H and O–H groups in total. The summed E-state index contributed by atoms with van der Waals surface area (Å²) in [6.07, 6.45) is 3.18. The molecule has 2 heterocycles. The minimum absolute atomic E-state index is 0.611. The van der Waals surface area contributed by atoms with Gasteiger partial charge in [0, 0.05) is 44.0 Å². The molecule has 104 valence electrons. The van der Waals surface area contributed by atoms with Crippen molar-refractivity contribution in [1.29, 1.82) is 0 Å². The number of aromatic nitrogens is 1. The fraction of sp³-hybridized carbons (Fsp3) is 0.571. The Hall–Kier alpha value is -1.62. The van der Waals surface area contributed by atoms with Crippen molar-refractivity contribution in [3.8, 4) is 0 Å². The minimum atomic E-state index is 0.611. The van der Waals surface area contributed by atoms with Gasteiger partial charge in [-0.05, 0) is 32.4 Å². The predicted octanol–water partition coefficient (Wildman–Crippen LogP) is 1.73. The summed E-state index contributed by atoms with van der Waals surface area (Å²) in [6, 6.07) is 2.67. The lowest BCUT2D eigenvalue weighted by molar-refractivity contribution is 0.209. The Kier molecular flexibility index (Phi) is 4.37. The van der Waals surface area contributed by atoms with E-state index in [2.05, 4.69) is 39.9 Å². The van der Waals surface area contributed by atoms with Gasteiger partial charge in [-0.2, -0.15) is 0 Å². The number of hydrogen-bond acceptors (Lipinski definition) is 5. The van der Waals surface area contributed by atoms with Crippen molar-refractivity contribution in [2.24, 2.45) is 5.16 Å². The van der Waals surface area contributed by atoms with Gasteiger partial charge in [0.15, 0.2) is 0 Å². The monoisotopic (exact) mass is 262 g/mol. The van der Waals surface area contributed by atoms with Crippen LogP contribution in [-0.4, -0.2) is 53.5 Å². The van der Waals surface area contributed by atoms with E-state index in [4.69, 9.17) is 5.21 Å². The molecule has 1 fully saturated rings. The quantitative estimate of drug-likeness (QED) is 0.512. The maximum absolute atomic E-state index is 8.57. The molecule has 2 rings (SSSR count). The van der Waals surface area contributed by atoms with Gasteiger partial charge in [-0.25, -0.2) is 4.98 Å². The van der Waals surface area contributed by atoms with E-state index in [0.717, 1.165) is 43.1 Å². The van der Waals surface area contributed by atoms with Crippen molar-refractivity contribution in [1.82, 2.24) is 9.88 Å². The van der Waals surface area contributed by atoms with Crippen LogP contribution in [0.2, 0.25) is 0 Å². The number of pyridine rings is 1. The molecule has 0 saturated carbocycles. The number of aryl methyl sites for hydroxylation is 1. The van der Waals surface area contributed by atoms with Crippen molar-refractivity contribution in [2.45, 2.75) is 26.8 Å². The fourth-order valence-corrected chi connectivity index (χ4v) is 2.39. The zero-order chi connectivity index (χ0) is 13.8. The maximum atomic E-state index is 8.57. The van der Waals surface area contributed by atoms with Gasteiger partial charge in [-0.1, -0.05) is 5.16 Å². The number of piperazine rings is 1. The summed E-state index contributed by atoms with van der Waals surface area (Å²) in [6.45, 7) is 10.7. The first kappa shape index (κ1) is 13.8. The first-order valence-electron chi connectivity index (χ1n) is 6.75. The summed E-state index contributed by atoms with van der Waals surface area (Å²) in [5.41, 5.74) is 1.93. The summed E-state index contributed by atoms with van der Waals surface area (Å²) >= 11 is 0. The smallest absolute Gasteiger partial charge is 0.128 e. The summed E-state index contributed by atoms with van der Waals surface area (Å²) in [4.78, 5) is 9.25. The molecule has 0 bridgehead atoms. The molecule has 1 aromatic rings. The number of anilines is 1. The van der Waals surface area contributed by atoms with Crippen LogP contribution in [-0.2, 0) is 0 Å². The summed E-state index contributed by atoms with van der Waals surface area (Å²) < 4.78 is 0. The highest BCUT2D eigenvalue weighted by molar-refractivity contribution is 5.81. The van der Waals surface area contributed by atoms with E-state index in [1.54, 1.807) is 6.20 Å². The highest BCUT2D eigenvalue weighted by Crippen LogP contribution is 2.17. The molecule has 1 aliphatic rings. The Morgan fingerprint density at radius 2 is 2.00 bits per heavy atom. The zero-order valence-corrected chi connectivity index (χ0v) is 11.9. The van der Waals surface area contributed by atoms with Crippen LogP contribution < -0.4 is 4.90 Å². The van der Waals surface area contributed by atoms with Gasteiger partial charge < -0.3 is 10.1 Å². The normalized spacial score (nSPS) is 17.6. The molecule has 0 spiro atoms. The van der Waals surface area contributed by atoms with Crippen molar-refractivity contribution < 1.29 is 5.21 Å². The number of rotatable bonds is 3. The summed E-state index contributed by atoms with van der Waals surface area (Å²) in [5.74, 6) is 1.01. The number of nitrogens with zero attached hydrogens (tertiary/aromatic N) is 4. The highest BCUT2D eigenvalue weighted by Gasteiger charge is 2.19. The molecular formula is C14H22N4O. The Balaban J connectivity index is 2.06. The van der Waals surface area contributed by atoms with Crippen molar-refractivity contribution in [2.75, 3.05) is 31.1 Å². The van der Waals surface area contributed by atoms with Crippen LogP contribution in [0, 0.1) is 6.92 Å². The number of oxime groups is 1. The average molecular weight is 262 g/mol. The number of hydrogen-bond donors (Lipinski definition) is 1. The molecule has 1 aliphatic heterocycles. The van der Waals surface area contributed by atoms with Crippen molar-refractivity contribution in [3.63, 3.8) is 0 Å². The van der Waals surface area contributed by atoms with Gasteiger partial charge in [0.2, 0.25) is 0 Å². The SMILES string of the molecule is Cc1cc(N2CCN(C(C)C)CC2)ncc1/C=N\O. The molecule has 0 aromatic carbocycles. The Labute approximate surface area is 114 Å². The van der Waals surface area contributed by atoms with Crippen molar-refractivity contribution >= 4 is 12.0 Å². The van der Waals surface area contributed by atoms with E-state index in [-0.39, 0.29) is 0 Å². The Morgan fingerprint density at radius 3 is 2.53 bits per heavy atom. The van der Waals surface area contributed by atoms with Gasteiger partial charge in [0.05, 0.1) is 6.21 Å². The Bertz CT molecular complexity index is 451. The first-order chi connectivity index (χ1) is 9.11. The minimum Gasteiger partial charge on any atom is -0.411 e. The van der Waals surface area contributed by atoms with E-state index >= 15 is 0 Å². The largest absolute Gasteiger partial charge is 0.411 e. The molecule has 5 nitrogen and oxygen atoms in total. The van der Waals surface area contributed by atoms with Gasteiger partial charge >= 0.3 is 0 Å². The third kappa shape index (κ3) is 3.23. The van der Waals surface area contributed by atoms with Crippen LogP contribution in [0.15, 0.2) is 17.4 Å². The second-order valence-corrected chi connectivity index (χ2v) is 5.26. The van der Waals surface area contributed by atoms with Crippen LogP contribution in [0.3, 0.4) is 0 Å². The van der Waals surface area contributed by atoms with E-state index < -0.39 is 0 Å². The van der Waals surface area contributed by atoms with Gasteiger partial charge in [-0.15, -0.1) is 0 Å². The van der Waals surface area contributed by atoms with E-state index in [0.29, 0.717) is 6.04 Å². The molecule has 0 unspecified atom stereocenters. The topological polar surface area (TPSA) is 52.0 Å². The zero-order valence-electron chi connectivity index (χ0n) is 11.9. The van der Waals surface area contributed by atoms with Crippen LogP contribution in [0.5, 0.6) is 0 Å². The maximum Gasteiger partial charge on any atom is 0.128 e. The predicted molar refractivity (Wildman–Crippen MR) is 77.3 cm³/mol. The fourth-order valence-electron chi connectivity index (χ4n) is 2.39. The summed E-state index contributed by atoms with van der Waals surface area (Å²) in [7, 11) is 0. The molecule has 0 radical (unpaired) electrons. The Morgan fingerprint density at radius 1 is 1.32 bits per heavy atom. The molecule has 0 amide bonds. The molecule has 1 aromatic heterocycles. The second kappa shape index (κ2) is 6.02. The summed E-state index contributed by atoms with van der Waals surface area (Å²) in [5, 5.41) is 11.6. The van der Waals surface area contributed by atoms with Crippen LogP contribution in [0.4, 0.5) is 5.82 Å². The van der Waals surface area contributed by atoms with Gasteiger partial charge in [0.1, 0.15) is 5.82 Å². The lowest BCUT2D eigenvalue weighted by Crippen LogP contribution is -2.49. The molecular weight excluding hydrogens is 240 g/mol. The third-order valence-corrected chi connectivity index (χ3v) is 3.70. The van der Waals surface area contributed by atoms with Crippen LogP contribution >= 0.6 is 0 Å². The van der Waals surface area contributed by atoms with Gasteiger partial charge in [0.25, 0.3) is 0 Å². The molecule has 19 heavy (non-hydrogen) atoms. The third-order valence-electron chi connectivity index (χ3n) is 3.70. The van der Waals surface area contributed by atoms with Crippen LogP contribution in [0.1, 0.15) is 25.0 Å². The molecule has 5 heteroatoms. The van der Waals surface area contributed by atoms with Crippen LogP contribution in [0.25, 0.3) is 0 Å². The lowest BCUT2D eigenvalue weighted by atomic mass is 10.1. The van der Waals surface area contributed by atoms with Gasteiger partial charge in [-0.3, -0.25) is 4.90 Å². The highest BCUT2D eigenvalue weighted by atomic mass is 16.4. The standard InChI is InChI=1S/C14H22N4O/c1-11(2)17-4-6-18(7-5-17)14-8-12(3)13(9-15-14)10-16-19/h8-11,19H,4-7H2,1-3H3/b16-10-. The first-order valence-corrected chi connectivity index (χ1v) is 6.75.